The number of rotatable bonds is 4. The van der Waals surface area contributed by atoms with Crippen molar-refractivity contribution in [2.75, 3.05) is 30.6 Å². The highest BCUT2D eigenvalue weighted by atomic mass is 32.2. The summed E-state index contributed by atoms with van der Waals surface area (Å²) >= 11 is 1.64. The first-order chi connectivity index (χ1) is 9.61. The molecule has 0 saturated heterocycles. The summed E-state index contributed by atoms with van der Waals surface area (Å²) in [5, 5.41) is 2.91. The topological polar surface area (TPSA) is 45.2 Å². The second-order valence-electron chi connectivity index (χ2n) is 4.46. The molecule has 1 heterocycles. The number of hydrogen-bond acceptors (Lipinski definition) is 4. The van der Waals surface area contributed by atoms with Gasteiger partial charge in [-0.25, -0.2) is 4.98 Å². The summed E-state index contributed by atoms with van der Waals surface area (Å²) in [6, 6.07) is 11.3. The van der Waals surface area contributed by atoms with E-state index in [1.807, 2.05) is 49.5 Å². The fourth-order valence-electron chi connectivity index (χ4n) is 1.83. The lowest BCUT2D eigenvalue weighted by Gasteiger charge is -2.15. The van der Waals surface area contributed by atoms with Gasteiger partial charge in [0.25, 0.3) is 5.91 Å². The zero-order valence-electron chi connectivity index (χ0n) is 11.8. The molecular formula is C15H17N3OS. The molecule has 0 aliphatic carbocycles. The Kier molecular flexibility index (Phi) is 4.63. The second kappa shape index (κ2) is 6.43. The average molecular weight is 287 g/mol. The number of nitrogens with zero attached hydrogens (tertiary/aromatic N) is 2. The Morgan fingerprint density at radius 1 is 1.25 bits per heavy atom. The number of pyridine rings is 1. The van der Waals surface area contributed by atoms with Gasteiger partial charge in [0.2, 0.25) is 0 Å². The van der Waals surface area contributed by atoms with Crippen LogP contribution in [0, 0.1) is 0 Å². The first-order valence-electron chi connectivity index (χ1n) is 6.19. The monoisotopic (exact) mass is 287 g/mol. The molecule has 0 atom stereocenters. The predicted molar refractivity (Wildman–Crippen MR) is 84.7 cm³/mol. The normalized spacial score (nSPS) is 10.2. The van der Waals surface area contributed by atoms with Gasteiger partial charge in [-0.15, -0.1) is 11.8 Å². The zero-order valence-corrected chi connectivity index (χ0v) is 12.6. The van der Waals surface area contributed by atoms with E-state index in [9.17, 15) is 4.79 Å². The Morgan fingerprint density at radius 2 is 2.05 bits per heavy atom. The van der Waals surface area contributed by atoms with Crippen molar-refractivity contribution in [1.29, 1.82) is 0 Å². The second-order valence-corrected chi connectivity index (χ2v) is 5.33. The smallest absolute Gasteiger partial charge is 0.259 e. The predicted octanol–water partition coefficient (Wildman–Crippen LogP) is 3.12. The molecule has 20 heavy (non-hydrogen) atoms. The van der Waals surface area contributed by atoms with E-state index in [-0.39, 0.29) is 5.91 Å². The van der Waals surface area contributed by atoms with Gasteiger partial charge in [0.05, 0.1) is 5.56 Å². The maximum Gasteiger partial charge on any atom is 0.259 e. The maximum absolute atomic E-state index is 12.4. The first kappa shape index (κ1) is 14.4. The fraction of sp³-hybridized carbons (Fsp3) is 0.200. The quantitative estimate of drug-likeness (QED) is 0.878. The summed E-state index contributed by atoms with van der Waals surface area (Å²) in [7, 11) is 3.74. The number of hydrogen-bond donors (Lipinski definition) is 1. The number of thioether (sulfide) groups is 1. The minimum Gasteiger partial charge on any atom is -0.362 e. The van der Waals surface area contributed by atoms with Gasteiger partial charge in [-0.2, -0.15) is 0 Å². The van der Waals surface area contributed by atoms with E-state index in [4.69, 9.17) is 0 Å². The van der Waals surface area contributed by atoms with Crippen LogP contribution in [0.5, 0.6) is 0 Å². The molecule has 1 aromatic heterocycles. The summed E-state index contributed by atoms with van der Waals surface area (Å²) in [6.45, 7) is 0. The lowest BCUT2D eigenvalue weighted by atomic mass is 10.2. The molecule has 0 radical (unpaired) electrons. The Labute approximate surface area is 123 Å². The molecule has 0 spiro atoms. The van der Waals surface area contributed by atoms with Crippen LogP contribution in [0.1, 0.15) is 10.4 Å². The number of aromatic nitrogens is 1. The van der Waals surface area contributed by atoms with Crippen molar-refractivity contribution in [2.24, 2.45) is 0 Å². The van der Waals surface area contributed by atoms with Gasteiger partial charge in [0.15, 0.2) is 0 Å². The molecule has 1 N–H and O–H groups in total. The highest BCUT2D eigenvalue weighted by Gasteiger charge is 2.13. The highest BCUT2D eigenvalue weighted by Crippen LogP contribution is 2.21. The summed E-state index contributed by atoms with van der Waals surface area (Å²) < 4.78 is 0. The molecule has 0 bridgehead atoms. The van der Waals surface area contributed by atoms with Crippen molar-refractivity contribution in [3.05, 3.63) is 48.2 Å². The van der Waals surface area contributed by atoms with Crippen LogP contribution in [-0.2, 0) is 0 Å². The van der Waals surface area contributed by atoms with Gasteiger partial charge < -0.3 is 10.2 Å². The SMILES string of the molecule is CSc1cccc(NC(=O)c2cccnc2N(C)C)c1. The van der Waals surface area contributed by atoms with Crippen molar-refractivity contribution in [3.8, 4) is 0 Å². The molecule has 1 aromatic carbocycles. The van der Waals surface area contributed by atoms with Gasteiger partial charge >= 0.3 is 0 Å². The average Bonchev–Trinajstić information content (AvgIpc) is 2.47. The lowest BCUT2D eigenvalue weighted by Crippen LogP contribution is -2.19. The van der Waals surface area contributed by atoms with E-state index in [1.54, 1.807) is 30.1 Å². The van der Waals surface area contributed by atoms with Gasteiger partial charge in [-0.3, -0.25) is 4.79 Å². The fourth-order valence-corrected chi connectivity index (χ4v) is 2.29. The summed E-state index contributed by atoms with van der Waals surface area (Å²) in [5.74, 6) is 0.506. The standard InChI is InChI=1S/C15H17N3OS/c1-18(2)14-13(8-5-9-16-14)15(19)17-11-6-4-7-12(10-11)20-3/h4-10H,1-3H3,(H,17,19). The molecular weight excluding hydrogens is 270 g/mol. The first-order valence-corrected chi connectivity index (χ1v) is 7.42. The van der Waals surface area contributed by atoms with E-state index in [1.165, 1.54) is 0 Å². The van der Waals surface area contributed by atoms with E-state index in [0.29, 0.717) is 11.4 Å². The minimum atomic E-state index is -0.153. The highest BCUT2D eigenvalue weighted by molar-refractivity contribution is 7.98. The van der Waals surface area contributed by atoms with Crippen LogP contribution in [-0.4, -0.2) is 31.2 Å². The van der Waals surface area contributed by atoms with Crippen LogP contribution < -0.4 is 10.2 Å². The summed E-state index contributed by atoms with van der Waals surface area (Å²) in [4.78, 5) is 19.5. The van der Waals surface area contributed by atoms with Crippen LogP contribution >= 0.6 is 11.8 Å². The molecule has 0 fully saturated rings. The summed E-state index contributed by atoms with van der Waals surface area (Å²) in [6.07, 6.45) is 3.69. The van der Waals surface area contributed by atoms with Crippen LogP contribution in [0.4, 0.5) is 11.5 Å². The Bertz CT molecular complexity index is 614. The van der Waals surface area contributed by atoms with Crippen molar-refractivity contribution in [1.82, 2.24) is 4.98 Å². The maximum atomic E-state index is 12.4. The number of amides is 1. The van der Waals surface area contributed by atoms with Crippen LogP contribution in [0.25, 0.3) is 0 Å². The zero-order chi connectivity index (χ0) is 14.5. The van der Waals surface area contributed by atoms with Crippen molar-refractivity contribution in [2.45, 2.75) is 4.90 Å². The third-order valence-corrected chi connectivity index (χ3v) is 3.51. The third-order valence-electron chi connectivity index (χ3n) is 2.78. The molecule has 2 aromatic rings. The molecule has 2 rings (SSSR count). The number of benzene rings is 1. The van der Waals surface area contributed by atoms with E-state index < -0.39 is 0 Å². The molecule has 5 heteroatoms. The van der Waals surface area contributed by atoms with Crippen molar-refractivity contribution < 1.29 is 4.79 Å². The van der Waals surface area contributed by atoms with E-state index in [0.717, 1.165) is 10.6 Å². The molecule has 4 nitrogen and oxygen atoms in total. The Hall–Kier alpha value is -2.01. The van der Waals surface area contributed by atoms with E-state index >= 15 is 0 Å². The number of carbonyl (C=O) groups is 1. The van der Waals surface area contributed by atoms with Crippen LogP contribution in [0.2, 0.25) is 0 Å². The third kappa shape index (κ3) is 3.30. The minimum absolute atomic E-state index is 0.153. The number of carbonyl (C=O) groups excluding carboxylic acids is 1. The van der Waals surface area contributed by atoms with Crippen LogP contribution in [0.3, 0.4) is 0 Å². The molecule has 104 valence electrons. The molecule has 0 saturated carbocycles. The molecule has 0 aliphatic rings. The lowest BCUT2D eigenvalue weighted by molar-refractivity contribution is 0.102. The van der Waals surface area contributed by atoms with Gasteiger partial charge in [0.1, 0.15) is 5.82 Å². The Balaban J connectivity index is 2.24. The Morgan fingerprint density at radius 3 is 2.75 bits per heavy atom. The largest absolute Gasteiger partial charge is 0.362 e. The molecule has 0 aliphatic heterocycles. The van der Waals surface area contributed by atoms with Crippen LogP contribution in [0.15, 0.2) is 47.5 Å². The molecule has 0 unspecified atom stereocenters. The van der Waals surface area contributed by atoms with Gasteiger partial charge in [0, 0.05) is 30.9 Å². The van der Waals surface area contributed by atoms with Gasteiger partial charge in [-0.1, -0.05) is 6.07 Å². The number of anilines is 2. The van der Waals surface area contributed by atoms with Crippen molar-refractivity contribution >= 4 is 29.2 Å². The number of nitrogens with one attached hydrogen (secondary N) is 1. The van der Waals surface area contributed by atoms with Gasteiger partial charge in [-0.05, 0) is 36.6 Å². The molecule has 1 amide bonds. The summed E-state index contributed by atoms with van der Waals surface area (Å²) in [5.41, 5.74) is 1.35. The van der Waals surface area contributed by atoms with E-state index in [2.05, 4.69) is 10.3 Å². The van der Waals surface area contributed by atoms with Crippen molar-refractivity contribution in [3.63, 3.8) is 0 Å².